The van der Waals surface area contributed by atoms with Crippen LogP contribution in [0.15, 0.2) is 12.4 Å². The van der Waals surface area contributed by atoms with Crippen molar-refractivity contribution in [2.45, 2.75) is 25.8 Å². The molecule has 90 valence electrons. The molecule has 0 aromatic carbocycles. The molecule has 0 aliphatic carbocycles. The Morgan fingerprint density at radius 1 is 1.53 bits per heavy atom. The van der Waals surface area contributed by atoms with Crippen LogP contribution in [0, 0.1) is 6.92 Å². The minimum Gasteiger partial charge on any atom is -0.394 e. The molecule has 0 spiro atoms. The molecule has 17 heavy (non-hydrogen) atoms. The molecular formula is C11H15N5O. The molecule has 0 saturated carbocycles. The topological polar surface area (TPSA) is 66.5 Å². The highest BCUT2D eigenvalue weighted by atomic mass is 16.3. The van der Waals surface area contributed by atoms with Crippen LogP contribution in [0.1, 0.15) is 18.5 Å². The van der Waals surface area contributed by atoms with Crippen LogP contribution in [-0.2, 0) is 0 Å². The molecule has 0 bridgehead atoms. The third-order valence-corrected chi connectivity index (χ3v) is 3.24. The second kappa shape index (κ2) is 3.96. The van der Waals surface area contributed by atoms with Gasteiger partial charge in [-0.05, 0) is 19.8 Å². The van der Waals surface area contributed by atoms with Gasteiger partial charge in [0.2, 0.25) is 0 Å². The SMILES string of the molecule is Cc1cc(N2CCCC2CO)n2ncnc2n1. The summed E-state index contributed by atoms with van der Waals surface area (Å²) >= 11 is 0. The number of aryl methyl sites for hydroxylation is 1. The standard InChI is InChI=1S/C11H15N5O/c1-8-5-10(15-4-2-3-9(15)6-17)16-11(14-8)12-7-13-16/h5,7,9,17H,2-4,6H2,1H3. The summed E-state index contributed by atoms with van der Waals surface area (Å²) in [6, 6.07) is 2.18. The van der Waals surface area contributed by atoms with Crippen molar-refractivity contribution in [2.75, 3.05) is 18.1 Å². The Labute approximate surface area is 98.9 Å². The number of hydrogen-bond acceptors (Lipinski definition) is 5. The van der Waals surface area contributed by atoms with Crippen molar-refractivity contribution >= 4 is 11.6 Å². The van der Waals surface area contributed by atoms with Crippen LogP contribution in [0.2, 0.25) is 0 Å². The summed E-state index contributed by atoms with van der Waals surface area (Å²) in [5.74, 6) is 1.59. The van der Waals surface area contributed by atoms with Crippen molar-refractivity contribution in [1.29, 1.82) is 0 Å². The van der Waals surface area contributed by atoms with Gasteiger partial charge in [-0.15, -0.1) is 0 Å². The Morgan fingerprint density at radius 2 is 2.41 bits per heavy atom. The molecule has 2 aromatic rings. The van der Waals surface area contributed by atoms with Gasteiger partial charge in [0.25, 0.3) is 5.78 Å². The van der Waals surface area contributed by atoms with E-state index in [4.69, 9.17) is 0 Å². The molecule has 6 heteroatoms. The smallest absolute Gasteiger partial charge is 0.254 e. The van der Waals surface area contributed by atoms with Gasteiger partial charge in [0, 0.05) is 18.3 Å². The van der Waals surface area contributed by atoms with Gasteiger partial charge in [0.1, 0.15) is 12.1 Å². The lowest BCUT2D eigenvalue weighted by Crippen LogP contribution is -2.33. The Bertz CT molecular complexity index is 538. The molecule has 2 aromatic heterocycles. The summed E-state index contributed by atoms with van der Waals surface area (Å²) in [6.07, 6.45) is 3.63. The van der Waals surface area contributed by atoms with Gasteiger partial charge >= 0.3 is 0 Å². The minimum absolute atomic E-state index is 0.178. The molecule has 1 aliphatic rings. The van der Waals surface area contributed by atoms with Crippen molar-refractivity contribution in [3.8, 4) is 0 Å². The number of nitrogens with zero attached hydrogens (tertiary/aromatic N) is 5. The fraction of sp³-hybridized carbons (Fsp3) is 0.545. The molecule has 0 amide bonds. The highest BCUT2D eigenvalue weighted by Crippen LogP contribution is 2.25. The van der Waals surface area contributed by atoms with Crippen LogP contribution in [0.3, 0.4) is 0 Å². The van der Waals surface area contributed by atoms with Gasteiger partial charge in [0.05, 0.1) is 12.6 Å². The Balaban J connectivity index is 2.12. The highest BCUT2D eigenvalue weighted by molar-refractivity contribution is 5.48. The first-order valence-electron chi connectivity index (χ1n) is 5.84. The van der Waals surface area contributed by atoms with Crippen molar-refractivity contribution in [3.63, 3.8) is 0 Å². The van der Waals surface area contributed by atoms with E-state index in [0.29, 0.717) is 5.78 Å². The predicted octanol–water partition coefficient (Wildman–Crippen LogP) is 0.394. The largest absolute Gasteiger partial charge is 0.394 e. The van der Waals surface area contributed by atoms with Crippen molar-refractivity contribution < 1.29 is 5.11 Å². The Hall–Kier alpha value is -1.69. The van der Waals surface area contributed by atoms with E-state index in [1.165, 1.54) is 6.33 Å². The van der Waals surface area contributed by atoms with E-state index in [2.05, 4.69) is 20.0 Å². The van der Waals surface area contributed by atoms with Crippen LogP contribution in [0.25, 0.3) is 5.78 Å². The number of rotatable bonds is 2. The van der Waals surface area contributed by atoms with Crippen LogP contribution in [-0.4, -0.2) is 43.9 Å². The van der Waals surface area contributed by atoms with Crippen molar-refractivity contribution in [1.82, 2.24) is 19.6 Å². The summed E-state index contributed by atoms with van der Waals surface area (Å²) in [7, 11) is 0. The summed E-state index contributed by atoms with van der Waals surface area (Å²) < 4.78 is 1.74. The van der Waals surface area contributed by atoms with Gasteiger partial charge in [0.15, 0.2) is 0 Å². The lowest BCUT2D eigenvalue weighted by molar-refractivity contribution is 0.265. The maximum absolute atomic E-state index is 9.39. The molecule has 1 unspecified atom stereocenters. The third kappa shape index (κ3) is 1.64. The first-order valence-corrected chi connectivity index (χ1v) is 5.84. The summed E-state index contributed by atoms with van der Waals surface area (Å²) in [5, 5.41) is 13.6. The monoisotopic (exact) mass is 233 g/mol. The molecule has 3 heterocycles. The second-order valence-corrected chi connectivity index (χ2v) is 4.40. The quantitative estimate of drug-likeness (QED) is 0.813. The normalized spacial score (nSPS) is 20.4. The summed E-state index contributed by atoms with van der Waals surface area (Å²) in [6.45, 7) is 3.07. The molecule has 0 radical (unpaired) electrons. The third-order valence-electron chi connectivity index (χ3n) is 3.24. The van der Waals surface area contributed by atoms with E-state index in [1.807, 2.05) is 13.0 Å². The number of anilines is 1. The predicted molar refractivity (Wildman–Crippen MR) is 63.0 cm³/mol. The zero-order valence-electron chi connectivity index (χ0n) is 9.74. The van der Waals surface area contributed by atoms with E-state index < -0.39 is 0 Å². The van der Waals surface area contributed by atoms with Gasteiger partial charge < -0.3 is 10.0 Å². The molecular weight excluding hydrogens is 218 g/mol. The lowest BCUT2D eigenvalue weighted by atomic mass is 10.2. The zero-order chi connectivity index (χ0) is 11.8. The average molecular weight is 233 g/mol. The van der Waals surface area contributed by atoms with Crippen LogP contribution in [0.4, 0.5) is 5.82 Å². The Morgan fingerprint density at radius 3 is 3.24 bits per heavy atom. The summed E-state index contributed by atoms with van der Waals surface area (Å²) in [4.78, 5) is 10.6. The van der Waals surface area contributed by atoms with E-state index in [-0.39, 0.29) is 12.6 Å². The fourth-order valence-corrected chi connectivity index (χ4v) is 2.44. The number of fused-ring (bicyclic) bond motifs is 1. The molecule has 1 N–H and O–H groups in total. The number of aromatic nitrogens is 4. The van der Waals surface area contributed by atoms with E-state index >= 15 is 0 Å². The van der Waals surface area contributed by atoms with Gasteiger partial charge in [-0.3, -0.25) is 0 Å². The molecule has 6 nitrogen and oxygen atoms in total. The molecule has 1 saturated heterocycles. The molecule has 1 aliphatic heterocycles. The first-order chi connectivity index (χ1) is 8.29. The lowest BCUT2D eigenvalue weighted by Gasteiger charge is -2.25. The Kier molecular flexibility index (Phi) is 2.44. The number of hydrogen-bond donors (Lipinski definition) is 1. The van der Waals surface area contributed by atoms with Crippen LogP contribution in [0.5, 0.6) is 0 Å². The summed E-state index contributed by atoms with van der Waals surface area (Å²) in [5.41, 5.74) is 0.920. The molecule has 3 rings (SSSR count). The maximum Gasteiger partial charge on any atom is 0.254 e. The number of aliphatic hydroxyl groups is 1. The first kappa shape index (κ1) is 10.5. The molecule has 1 fully saturated rings. The number of aliphatic hydroxyl groups excluding tert-OH is 1. The van der Waals surface area contributed by atoms with E-state index in [1.54, 1.807) is 4.52 Å². The second-order valence-electron chi connectivity index (χ2n) is 4.40. The zero-order valence-corrected chi connectivity index (χ0v) is 9.74. The van der Waals surface area contributed by atoms with Gasteiger partial charge in [-0.1, -0.05) is 0 Å². The van der Waals surface area contributed by atoms with Gasteiger partial charge in [-0.2, -0.15) is 14.6 Å². The highest BCUT2D eigenvalue weighted by Gasteiger charge is 2.26. The van der Waals surface area contributed by atoms with Crippen LogP contribution < -0.4 is 4.90 Å². The van der Waals surface area contributed by atoms with Crippen LogP contribution >= 0.6 is 0 Å². The molecule has 1 atom stereocenters. The van der Waals surface area contributed by atoms with Gasteiger partial charge in [-0.25, -0.2) is 4.98 Å². The minimum atomic E-state index is 0.178. The fourth-order valence-electron chi connectivity index (χ4n) is 2.44. The van der Waals surface area contributed by atoms with E-state index in [0.717, 1.165) is 30.9 Å². The maximum atomic E-state index is 9.39. The van der Waals surface area contributed by atoms with Crippen molar-refractivity contribution in [3.05, 3.63) is 18.1 Å². The van der Waals surface area contributed by atoms with Crippen molar-refractivity contribution in [2.24, 2.45) is 0 Å². The van der Waals surface area contributed by atoms with E-state index in [9.17, 15) is 5.11 Å². The average Bonchev–Trinajstić information content (AvgIpc) is 2.95.